The van der Waals surface area contributed by atoms with E-state index < -0.39 is 0 Å². The van der Waals surface area contributed by atoms with Gasteiger partial charge in [-0.2, -0.15) is 0 Å². The van der Waals surface area contributed by atoms with Crippen LogP contribution in [0.1, 0.15) is 17.0 Å². The smallest absolute Gasteiger partial charge is 0.137 e. The second kappa shape index (κ2) is 7.37. The van der Waals surface area contributed by atoms with Crippen LogP contribution >= 0.6 is 34.8 Å². The summed E-state index contributed by atoms with van der Waals surface area (Å²) in [5.74, 6) is 0.765. The Morgan fingerprint density at radius 2 is 1.86 bits per heavy atom. The Labute approximate surface area is 139 Å². The van der Waals surface area contributed by atoms with Crippen molar-refractivity contribution in [2.45, 2.75) is 12.3 Å². The maximum Gasteiger partial charge on any atom is 0.137 e. The highest BCUT2D eigenvalue weighted by Gasteiger charge is 2.15. The Morgan fingerprint density at radius 1 is 1.10 bits per heavy atom. The molecule has 112 valence electrons. The van der Waals surface area contributed by atoms with Crippen LogP contribution in [0.15, 0.2) is 36.4 Å². The van der Waals surface area contributed by atoms with E-state index >= 15 is 0 Å². The molecule has 0 saturated carbocycles. The number of rotatable bonds is 5. The minimum Gasteiger partial charge on any atom is -0.495 e. The summed E-state index contributed by atoms with van der Waals surface area (Å²) in [7, 11) is 1.59. The summed E-state index contributed by atoms with van der Waals surface area (Å²) in [5, 5.41) is 1.71. The average molecular weight is 345 g/mol. The molecule has 1 atom stereocenters. The van der Waals surface area contributed by atoms with Gasteiger partial charge < -0.3 is 10.5 Å². The van der Waals surface area contributed by atoms with E-state index in [0.717, 1.165) is 11.1 Å². The van der Waals surface area contributed by atoms with Crippen LogP contribution < -0.4 is 10.5 Å². The molecular weight excluding hydrogens is 329 g/mol. The zero-order valence-corrected chi connectivity index (χ0v) is 13.8. The first-order valence-electron chi connectivity index (χ1n) is 6.53. The van der Waals surface area contributed by atoms with Gasteiger partial charge in [0.15, 0.2) is 0 Å². The zero-order chi connectivity index (χ0) is 15.4. The van der Waals surface area contributed by atoms with Gasteiger partial charge in [-0.15, -0.1) is 0 Å². The Bertz CT molecular complexity index is 631. The van der Waals surface area contributed by atoms with Crippen molar-refractivity contribution in [2.24, 2.45) is 5.73 Å². The SMILES string of the molecule is COc1ccc(C(CN)Cc2cccc(Cl)c2Cl)cc1Cl. The van der Waals surface area contributed by atoms with Gasteiger partial charge in [-0.3, -0.25) is 0 Å². The minimum absolute atomic E-state index is 0.115. The normalized spacial score (nSPS) is 12.2. The Hall–Kier alpha value is -0.930. The van der Waals surface area contributed by atoms with Gasteiger partial charge in [-0.1, -0.05) is 53.0 Å². The summed E-state index contributed by atoms with van der Waals surface area (Å²) < 4.78 is 5.16. The maximum atomic E-state index is 6.24. The van der Waals surface area contributed by atoms with Crippen LogP contribution in [-0.2, 0) is 6.42 Å². The molecular formula is C16H16Cl3NO. The van der Waals surface area contributed by atoms with Crippen LogP contribution in [0.4, 0.5) is 0 Å². The first-order chi connectivity index (χ1) is 10.1. The number of benzene rings is 2. The van der Waals surface area contributed by atoms with E-state index in [-0.39, 0.29) is 5.92 Å². The van der Waals surface area contributed by atoms with Crippen LogP contribution in [0.5, 0.6) is 5.75 Å². The fourth-order valence-corrected chi connectivity index (χ4v) is 2.91. The molecule has 0 aliphatic heterocycles. The molecule has 0 aliphatic carbocycles. The molecule has 0 spiro atoms. The number of hydrogen-bond donors (Lipinski definition) is 1. The molecule has 0 saturated heterocycles. The summed E-state index contributed by atoms with van der Waals surface area (Å²) >= 11 is 18.5. The molecule has 5 heteroatoms. The Balaban J connectivity index is 2.28. The summed E-state index contributed by atoms with van der Waals surface area (Å²) in [6.45, 7) is 0.492. The van der Waals surface area contributed by atoms with Gasteiger partial charge in [0, 0.05) is 5.92 Å². The molecule has 1 unspecified atom stereocenters. The molecule has 2 nitrogen and oxygen atoms in total. The molecule has 2 aromatic carbocycles. The average Bonchev–Trinajstić information content (AvgIpc) is 2.48. The molecule has 0 amide bonds. The van der Waals surface area contributed by atoms with Crippen molar-refractivity contribution < 1.29 is 4.74 Å². The molecule has 0 aliphatic rings. The second-order valence-corrected chi connectivity index (χ2v) is 5.94. The lowest BCUT2D eigenvalue weighted by molar-refractivity contribution is 0.414. The predicted octanol–water partition coefficient (Wildman–Crippen LogP) is 4.94. The molecule has 2 N–H and O–H groups in total. The highest BCUT2D eigenvalue weighted by molar-refractivity contribution is 6.42. The van der Waals surface area contributed by atoms with E-state index in [1.807, 2.05) is 30.3 Å². The zero-order valence-electron chi connectivity index (χ0n) is 11.6. The third-order valence-corrected chi connectivity index (χ3v) is 4.58. The topological polar surface area (TPSA) is 35.2 Å². The Morgan fingerprint density at radius 3 is 2.48 bits per heavy atom. The Kier molecular flexibility index (Phi) is 5.77. The summed E-state index contributed by atoms with van der Waals surface area (Å²) in [4.78, 5) is 0. The van der Waals surface area contributed by atoms with E-state index in [1.165, 1.54) is 0 Å². The van der Waals surface area contributed by atoms with E-state index in [2.05, 4.69) is 0 Å². The third-order valence-electron chi connectivity index (χ3n) is 3.43. The quantitative estimate of drug-likeness (QED) is 0.833. The predicted molar refractivity (Wildman–Crippen MR) is 90.0 cm³/mol. The lowest BCUT2D eigenvalue weighted by Crippen LogP contribution is -2.15. The van der Waals surface area contributed by atoms with Crippen LogP contribution in [0.25, 0.3) is 0 Å². The van der Waals surface area contributed by atoms with E-state index in [0.29, 0.717) is 33.8 Å². The van der Waals surface area contributed by atoms with Gasteiger partial charge >= 0.3 is 0 Å². The van der Waals surface area contributed by atoms with Gasteiger partial charge in [0.25, 0.3) is 0 Å². The van der Waals surface area contributed by atoms with Gasteiger partial charge in [-0.05, 0) is 42.3 Å². The molecule has 0 radical (unpaired) electrons. The molecule has 0 bridgehead atoms. The van der Waals surface area contributed by atoms with Crippen LogP contribution in [0.3, 0.4) is 0 Å². The van der Waals surface area contributed by atoms with Crippen molar-refractivity contribution in [1.82, 2.24) is 0 Å². The lowest BCUT2D eigenvalue weighted by Gasteiger charge is -2.17. The van der Waals surface area contributed by atoms with Crippen molar-refractivity contribution in [1.29, 1.82) is 0 Å². The van der Waals surface area contributed by atoms with Gasteiger partial charge in [0.2, 0.25) is 0 Å². The second-order valence-electron chi connectivity index (χ2n) is 4.74. The molecule has 2 aromatic rings. The van der Waals surface area contributed by atoms with Crippen molar-refractivity contribution in [3.63, 3.8) is 0 Å². The number of methoxy groups -OCH3 is 1. The van der Waals surface area contributed by atoms with Crippen LogP contribution in [0.2, 0.25) is 15.1 Å². The molecule has 0 heterocycles. The van der Waals surface area contributed by atoms with Crippen molar-refractivity contribution in [2.75, 3.05) is 13.7 Å². The van der Waals surface area contributed by atoms with Crippen molar-refractivity contribution in [3.05, 3.63) is 62.6 Å². The van der Waals surface area contributed by atoms with E-state index in [1.54, 1.807) is 13.2 Å². The number of nitrogens with two attached hydrogens (primary N) is 1. The third kappa shape index (κ3) is 3.83. The first kappa shape index (κ1) is 16.4. The van der Waals surface area contributed by atoms with E-state index in [4.69, 9.17) is 45.3 Å². The highest BCUT2D eigenvalue weighted by atomic mass is 35.5. The standard InChI is InChI=1S/C16H16Cl3NO/c1-21-15-6-5-10(8-14(15)18)12(9-20)7-11-3-2-4-13(17)16(11)19/h2-6,8,12H,7,9,20H2,1H3. The molecule has 2 rings (SSSR count). The summed E-state index contributed by atoms with van der Waals surface area (Å²) in [6.07, 6.45) is 0.707. The largest absolute Gasteiger partial charge is 0.495 e. The maximum absolute atomic E-state index is 6.24. The molecule has 0 fully saturated rings. The molecule has 21 heavy (non-hydrogen) atoms. The van der Waals surface area contributed by atoms with Gasteiger partial charge in [-0.25, -0.2) is 0 Å². The van der Waals surface area contributed by atoms with Crippen molar-refractivity contribution in [3.8, 4) is 5.75 Å². The van der Waals surface area contributed by atoms with Crippen LogP contribution in [-0.4, -0.2) is 13.7 Å². The van der Waals surface area contributed by atoms with Gasteiger partial charge in [0.05, 0.1) is 22.2 Å². The fraction of sp³-hybridized carbons (Fsp3) is 0.250. The first-order valence-corrected chi connectivity index (χ1v) is 7.66. The monoisotopic (exact) mass is 343 g/mol. The van der Waals surface area contributed by atoms with E-state index in [9.17, 15) is 0 Å². The van der Waals surface area contributed by atoms with Crippen molar-refractivity contribution >= 4 is 34.8 Å². The van der Waals surface area contributed by atoms with Crippen LogP contribution in [0, 0.1) is 0 Å². The highest BCUT2D eigenvalue weighted by Crippen LogP contribution is 2.32. The van der Waals surface area contributed by atoms with Gasteiger partial charge in [0.1, 0.15) is 5.75 Å². The number of halogens is 3. The minimum atomic E-state index is 0.115. The number of ether oxygens (including phenoxy) is 1. The fourth-order valence-electron chi connectivity index (χ4n) is 2.25. The lowest BCUT2D eigenvalue weighted by atomic mass is 9.92. The number of hydrogen-bond acceptors (Lipinski definition) is 2. The summed E-state index contributed by atoms with van der Waals surface area (Å²) in [6, 6.07) is 11.3. The molecule has 0 aromatic heterocycles. The summed E-state index contributed by atoms with van der Waals surface area (Å²) in [5.41, 5.74) is 7.94.